The van der Waals surface area contributed by atoms with E-state index >= 15 is 0 Å². The molecular weight excluding hydrogens is 292 g/mol. The molecular formula is C15H25BrS. The third-order valence-electron chi connectivity index (χ3n) is 3.17. The molecule has 0 aromatic carbocycles. The van der Waals surface area contributed by atoms with Crippen LogP contribution in [0.4, 0.5) is 0 Å². The van der Waals surface area contributed by atoms with Crippen molar-refractivity contribution in [1.82, 2.24) is 0 Å². The second kappa shape index (κ2) is 8.31. The van der Waals surface area contributed by atoms with E-state index in [0.29, 0.717) is 4.83 Å². The molecule has 1 unspecified atom stereocenters. The maximum absolute atomic E-state index is 3.84. The molecule has 0 saturated heterocycles. The largest absolute Gasteiger partial charge is 0.144 e. The van der Waals surface area contributed by atoms with Gasteiger partial charge in [0.15, 0.2) is 0 Å². The van der Waals surface area contributed by atoms with E-state index in [2.05, 4.69) is 42.8 Å². The molecule has 0 amide bonds. The van der Waals surface area contributed by atoms with Gasteiger partial charge in [-0.1, -0.05) is 61.4 Å². The Morgan fingerprint density at radius 1 is 1.12 bits per heavy atom. The minimum absolute atomic E-state index is 0.576. The average molecular weight is 317 g/mol. The first-order valence-electron chi connectivity index (χ1n) is 6.86. The van der Waals surface area contributed by atoms with Crippen LogP contribution in [0.15, 0.2) is 6.07 Å². The fraction of sp³-hybridized carbons (Fsp3) is 0.733. The van der Waals surface area contributed by atoms with Gasteiger partial charge >= 0.3 is 0 Å². The van der Waals surface area contributed by atoms with Crippen molar-refractivity contribution in [2.75, 3.05) is 0 Å². The van der Waals surface area contributed by atoms with Crippen molar-refractivity contribution in [2.45, 2.75) is 70.5 Å². The van der Waals surface area contributed by atoms with E-state index < -0.39 is 0 Å². The molecule has 98 valence electrons. The number of unbranched alkanes of at least 4 members (excludes halogenated alkanes) is 5. The maximum Gasteiger partial charge on any atom is 0.0491 e. The summed E-state index contributed by atoms with van der Waals surface area (Å²) < 4.78 is 0. The molecule has 1 rings (SSSR count). The first kappa shape index (κ1) is 15.2. The Morgan fingerprint density at radius 3 is 2.35 bits per heavy atom. The van der Waals surface area contributed by atoms with Gasteiger partial charge in [0.25, 0.3) is 0 Å². The lowest BCUT2D eigenvalue weighted by atomic mass is 10.1. The summed E-state index contributed by atoms with van der Waals surface area (Å²) in [6.45, 7) is 6.70. The smallest absolute Gasteiger partial charge is 0.0491 e. The first-order chi connectivity index (χ1) is 8.15. The van der Waals surface area contributed by atoms with Crippen LogP contribution in [0.5, 0.6) is 0 Å². The molecule has 1 heterocycles. The fourth-order valence-corrected chi connectivity index (χ4v) is 4.22. The van der Waals surface area contributed by atoms with Crippen molar-refractivity contribution in [3.8, 4) is 0 Å². The van der Waals surface area contributed by atoms with Crippen LogP contribution < -0.4 is 0 Å². The topological polar surface area (TPSA) is 0 Å². The Balaban J connectivity index is 2.21. The highest BCUT2D eigenvalue weighted by Gasteiger charge is 2.12. The molecule has 2 heteroatoms. The number of aryl methyl sites for hydroxylation is 2. The van der Waals surface area contributed by atoms with Crippen LogP contribution >= 0.6 is 27.3 Å². The summed E-state index contributed by atoms with van der Waals surface area (Å²) in [6.07, 6.45) is 9.61. The lowest BCUT2D eigenvalue weighted by Crippen LogP contribution is -1.89. The Hall–Kier alpha value is 0.180. The second-order valence-corrected chi connectivity index (χ2v) is 7.32. The monoisotopic (exact) mass is 316 g/mol. The van der Waals surface area contributed by atoms with Crippen molar-refractivity contribution in [3.63, 3.8) is 0 Å². The lowest BCUT2D eigenvalue weighted by molar-refractivity contribution is 0.589. The van der Waals surface area contributed by atoms with Crippen molar-refractivity contribution in [2.24, 2.45) is 0 Å². The van der Waals surface area contributed by atoms with E-state index in [9.17, 15) is 0 Å². The minimum Gasteiger partial charge on any atom is -0.144 e. The molecule has 0 radical (unpaired) electrons. The summed E-state index contributed by atoms with van der Waals surface area (Å²) in [5, 5.41) is 0. The van der Waals surface area contributed by atoms with Crippen LogP contribution in [-0.4, -0.2) is 0 Å². The summed E-state index contributed by atoms with van der Waals surface area (Å²) in [7, 11) is 0. The quantitative estimate of drug-likeness (QED) is 0.376. The summed E-state index contributed by atoms with van der Waals surface area (Å²) in [6, 6.07) is 2.30. The predicted octanol–water partition coefficient (Wildman–Crippen LogP) is 6.55. The number of hydrogen-bond donors (Lipinski definition) is 0. The number of rotatable bonds is 8. The van der Waals surface area contributed by atoms with Gasteiger partial charge in [0.2, 0.25) is 0 Å². The Bertz CT molecular complexity index is 317. The normalized spacial score (nSPS) is 12.9. The molecule has 0 nitrogen and oxygen atoms in total. The third-order valence-corrected chi connectivity index (χ3v) is 5.66. The number of halogens is 1. The lowest BCUT2D eigenvalue weighted by Gasteiger charge is -2.09. The van der Waals surface area contributed by atoms with Crippen LogP contribution in [0, 0.1) is 13.8 Å². The van der Waals surface area contributed by atoms with E-state index in [0.717, 1.165) is 0 Å². The van der Waals surface area contributed by atoms with Crippen molar-refractivity contribution in [1.29, 1.82) is 0 Å². The van der Waals surface area contributed by atoms with Gasteiger partial charge < -0.3 is 0 Å². The summed E-state index contributed by atoms with van der Waals surface area (Å²) in [5.74, 6) is 0. The van der Waals surface area contributed by atoms with Crippen LogP contribution in [-0.2, 0) is 0 Å². The third kappa shape index (κ3) is 5.56. The molecule has 1 aromatic heterocycles. The van der Waals surface area contributed by atoms with Gasteiger partial charge in [-0.15, -0.1) is 11.3 Å². The standard InChI is InChI=1S/C15H25BrS/c1-4-5-6-7-8-9-10-14(16)15-12(2)11-13(3)17-15/h11,14H,4-10H2,1-3H3. The highest BCUT2D eigenvalue weighted by molar-refractivity contribution is 9.09. The molecule has 0 saturated carbocycles. The summed E-state index contributed by atoms with van der Waals surface area (Å²) in [5.41, 5.74) is 1.46. The fourth-order valence-electron chi connectivity index (χ4n) is 2.21. The van der Waals surface area contributed by atoms with Gasteiger partial charge in [-0.2, -0.15) is 0 Å². The molecule has 1 aromatic rings. The molecule has 0 bridgehead atoms. The van der Waals surface area contributed by atoms with Crippen LogP contribution in [0.1, 0.15) is 72.0 Å². The van der Waals surface area contributed by atoms with Crippen molar-refractivity contribution >= 4 is 27.3 Å². The number of thiophene rings is 1. The average Bonchev–Trinajstić information content (AvgIpc) is 2.62. The number of hydrogen-bond acceptors (Lipinski definition) is 1. The molecule has 0 aliphatic carbocycles. The molecule has 0 N–H and O–H groups in total. The minimum atomic E-state index is 0.576. The van der Waals surface area contributed by atoms with Crippen LogP contribution in [0.3, 0.4) is 0 Å². The Kier molecular flexibility index (Phi) is 7.45. The van der Waals surface area contributed by atoms with E-state index in [-0.39, 0.29) is 0 Å². The zero-order valence-electron chi connectivity index (χ0n) is 11.4. The zero-order chi connectivity index (χ0) is 12.7. The molecule has 17 heavy (non-hydrogen) atoms. The van der Waals surface area contributed by atoms with Gasteiger partial charge in [0, 0.05) is 14.6 Å². The van der Waals surface area contributed by atoms with Gasteiger partial charge in [-0.25, -0.2) is 0 Å². The van der Waals surface area contributed by atoms with Crippen LogP contribution in [0.2, 0.25) is 0 Å². The Labute approximate surface area is 119 Å². The molecule has 1 atom stereocenters. The number of alkyl halides is 1. The molecule has 0 fully saturated rings. The summed E-state index contributed by atoms with van der Waals surface area (Å²) in [4.78, 5) is 3.55. The van der Waals surface area contributed by atoms with Crippen molar-refractivity contribution in [3.05, 3.63) is 21.4 Å². The summed E-state index contributed by atoms with van der Waals surface area (Å²) >= 11 is 5.79. The van der Waals surface area contributed by atoms with Crippen molar-refractivity contribution < 1.29 is 0 Å². The molecule has 0 spiro atoms. The first-order valence-corrected chi connectivity index (χ1v) is 8.59. The van der Waals surface area contributed by atoms with E-state index in [1.807, 2.05) is 11.3 Å². The van der Waals surface area contributed by atoms with E-state index in [1.54, 1.807) is 0 Å². The molecule has 0 aliphatic rings. The second-order valence-electron chi connectivity index (χ2n) is 4.93. The molecule has 0 aliphatic heterocycles. The van der Waals surface area contributed by atoms with Gasteiger partial charge in [0.05, 0.1) is 0 Å². The van der Waals surface area contributed by atoms with Gasteiger partial charge in [-0.3, -0.25) is 0 Å². The SMILES string of the molecule is CCCCCCCCC(Br)c1sc(C)cc1C. The highest BCUT2D eigenvalue weighted by atomic mass is 79.9. The highest BCUT2D eigenvalue weighted by Crippen LogP contribution is 2.36. The van der Waals surface area contributed by atoms with Gasteiger partial charge in [-0.05, 0) is 31.9 Å². The zero-order valence-corrected chi connectivity index (χ0v) is 13.8. The van der Waals surface area contributed by atoms with Gasteiger partial charge in [0.1, 0.15) is 0 Å². The van der Waals surface area contributed by atoms with Crippen LogP contribution in [0.25, 0.3) is 0 Å². The van der Waals surface area contributed by atoms with E-state index in [4.69, 9.17) is 0 Å². The van der Waals surface area contributed by atoms with E-state index in [1.165, 1.54) is 60.3 Å². The Morgan fingerprint density at radius 2 is 1.76 bits per heavy atom. The maximum atomic E-state index is 3.84. The predicted molar refractivity (Wildman–Crippen MR) is 83.5 cm³/mol.